The molecule has 3 amide bonds. The zero-order chi connectivity index (χ0) is 24.4. The number of rotatable bonds is 7. The molecule has 8 nitrogen and oxygen atoms in total. The fourth-order valence-corrected chi connectivity index (χ4v) is 5.04. The number of carbonyl (C=O) groups is 3. The van der Waals surface area contributed by atoms with Crippen LogP contribution in [0.3, 0.4) is 0 Å². The van der Waals surface area contributed by atoms with Crippen molar-refractivity contribution in [3.05, 3.63) is 83.9 Å². The summed E-state index contributed by atoms with van der Waals surface area (Å²) >= 11 is 1.02. The number of nitrogens with two attached hydrogens (primary N) is 1. The number of imide groups is 1. The Morgan fingerprint density at radius 2 is 1.77 bits per heavy atom. The maximum absolute atomic E-state index is 13.2. The van der Waals surface area contributed by atoms with Gasteiger partial charge in [-0.25, -0.2) is 0 Å². The molecule has 1 fully saturated rings. The molecule has 2 heterocycles. The number of benzene rings is 3. The van der Waals surface area contributed by atoms with Gasteiger partial charge in [-0.2, -0.15) is 0 Å². The molecule has 0 bridgehead atoms. The molecule has 0 spiro atoms. The van der Waals surface area contributed by atoms with E-state index in [1.54, 1.807) is 17.0 Å². The van der Waals surface area contributed by atoms with Crippen LogP contribution in [0.25, 0.3) is 0 Å². The normalized spacial score (nSPS) is 17.4. The number of anilines is 3. The number of thioether (sulfide) groups is 1. The van der Waals surface area contributed by atoms with E-state index in [1.165, 1.54) is 0 Å². The summed E-state index contributed by atoms with van der Waals surface area (Å²) in [4.78, 5) is 40.1. The van der Waals surface area contributed by atoms with Crippen LogP contribution in [-0.2, 0) is 11.2 Å². The number of hydrogen-bond donors (Lipinski definition) is 2. The Labute approximate surface area is 207 Å². The molecule has 3 N–H and O–H groups in total. The van der Waals surface area contributed by atoms with E-state index in [9.17, 15) is 14.4 Å². The van der Waals surface area contributed by atoms with Gasteiger partial charge in [0.05, 0.1) is 29.7 Å². The standard InChI is InChI=1S/C26H24N4O4S/c27-18-8-11-22-21(15-18)25(32)29(16-30(22)19-4-2-1-3-5-19)12-13-34-20-9-6-17(7-10-20)14-23-24(31)28-26(33)35-23/h1-11,15,23H,12-14,16,27H2,(H,28,31,33). The molecule has 9 heteroatoms. The number of nitrogens with zero attached hydrogens (tertiary/aromatic N) is 2. The zero-order valence-electron chi connectivity index (χ0n) is 18.8. The minimum Gasteiger partial charge on any atom is -0.492 e. The van der Waals surface area contributed by atoms with Crippen LogP contribution < -0.4 is 20.7 Å². The van der Waals surface area contributed by atoms with E-state index < -0.39 is 5.25 Å². The minimum absolute atomic E-state index is 0.0830. The largest absolute Gasteiger partial charge is 0.492 e. The first-order valence-electron chi connectivity index (χ1n) is 11.2. The molecule has 1 unspecified atom stereocenters. The third kappa shape index (κ3) is 4.95. The zero-order valence-corrected chi connectivity index (χ0v) is 19.7. The Morgan fingerprint density at radius 1 is 1.00 bits per heavy atom. The van der Waals surface area contributed by atoms with Crippen LogP contribution in [0.4, 0.5) is 21.9 Å². The van der Waals surface area contributed by atoms with Gasteiger partial charge in [-0.15, -0.1) is 0 Å². The van der Waals surface area contributed by atoms with Gasteiger partial charge in [0, 0.05) is 11.4 Å². The predicted molar refractivity (Wildman–Crippen MR) is 136 cm³/mol. The lowest BCUT2D eigenvalue weighted by molar-refractivity contribution is -0.118. The second-order valence-electron chi connectivity index (χ2n) is 8.33. The van der Waals surface area contributed by atoms with Gasteiger partial charge in [0.25, 0.3) is 11.1 Å². The van der Waals surface area contributed by atoms with Gasteiger partial charge >= 0.3 is 0 Å². The summed E-state index contributed by atoms with van der Waals surface area (Å²) in [6.07, 6.45) is 0.475. The summed E-state index contributed by atoms with van der Waals surface area (Å²) in [7, 11) is 0. The molecule has 0 aromatic heterocycles. The monoisotopic (exact) mass is 488 g/mol. The van der Waals surface area contributed by atoms with E-state index in [1.807, 2.05) is 60.7 Å². The molecule has 2 aliphatic heterocycles. The van der Waals surface area contributed by atoms with Crippen LogP contribution in [0.5, 0.6) is 5.75 Å². The highest BCUT2D eigenvalue weighted by molar-refractivity contribution is 8.15. The SMILES string of the molecule is Nc1ccc2c(c1)C(=O)N(CCOc1ccc(CC3SC(=O)NC3=O)cc1)CN2c1ccccc1. The molecular weight excluding hydrogens is 464 g/mol. The van der Waals surface area contributed by atoms with Crippen molar-refractivity contribution in [2.45, 2.75) is 11.7 Å². The number of ether oxygens (including phenoxy) is 1. The number of hydrogen-bond acceptors (Lipinski definition) is 7. The van der Waals surface area contributed by atoms with Crippen molar-refractivity contribution in [3.8, 4) is 5.75 Å². The number of fused-ring (bicyclic) bond motifs is 1. The third-order valence-corrected chi connectivity index (χ3v) is 6.93. The van der Waals surface area contributed by atoms with E-state index in [4.69, 9.17) is 10.5 Å². The average molecular weight is 489 g/mol. The summed E-state index contributed by atoms with van der Waals surface area (Å²) in [6, 6.07) is 22.8. The summed E-state index contributed by atoms with van der Waals surface area (Å²) in [5, 5.41) is 1.60. The Hall–Kier alpha value is -3.98. The molecule has 2 aliphatic rings. The van der Waals surface area contributed by atoms with Crippen LogP contribution >= 0.6 is 11.8 Å². The highest BCUT2D eigenvalue weighted by Gasteiger charge is 2.32. The fraction of sp³-hybridized carbons (Fsp3) is 0.192. The second kappa shape index (κ2) is 9.71. The van der Waals surface area contributed by atoms with Gasteiger partial charge in [-0.3, -0.25) is 19.7 Å². The van der Waals surface area contributed by atoms with Crippen molar-refractivity contribution in [2.24, 2.45) is 0 Å². The molecule has 178 valence electrons. The third-order valence-electron chi connectivity index (χ3n) is 5.95. The van der Waals surface area contributed by atoms with Crippen LogP contribution in [0, 0.1) is 0 Å². The summed E-state index contributed by atoms with van der Waals surface area (Å²) in [6.45, 7) is 1.13. The van der Waals surface area contributed by atoms with Gasteiger partial charge in [-0.05, 0) is 54.4 Å². The number of para-hydroxylation sites is 1. The van der Waals surface area contributed by atoms with E-state index >= 15 is 0 Å². The molecule has 0 aliphatic carbocycles. The maximum Gasteiger partial charge on any atom is 0.286 e. The van der Waals surface area contributed by atoms with Crippen LogP contribution in [0.1, 0.15) is 15.9 Å². The average Bonchev–Trinajstić information content (AvgIpc) is 3.18. The Kier molecular flexibility index (Phi) is 6.33. The molecule has 3 aromatic carbocycles. The van der Waals surface area contributed by atoms with Gasteiger partial charge in [0.1, 0.15) is 12.4 Å². The molecule has 1 saturated heterocycles. The van der Waals surface area contributed by atoms with Crippen molar-refractivity contribution in [1.29, 1.82) is 0 Å². The van der Waals surface area contributed by atoms with Crippen molar-refractivity contribution in [2.75, 3.05) is 30.5 Å². The lowest BCUT2D eigenvalue weighted by Crippen LogP contribution is -2.46. The van der Waals surface area contributed by atoms with Gasteiger partial charge < -0.3 is 20.3 Å². The van der Waals surface area contributed by atoms with E-state index in [0.717, 1.165) is 28.7 Å². The van der Waals surface area contributed by atoms with Gasteiger partial charge in [0.15, 0.2) is 0 Å². The lowest BCUT2D eigenvalue weighted by atomic mass is 10.1. The number of carbonyl (C=O) groups excluding carboxylic acids is 3. The van der Waals surface area contributed by atoms with Crippen molar-refractivity contribution < 1.29 is 19.1 Å². The second-order valence-corrected chi connectivity index (χ2v) is 9.51. The molecule has 3 aromatic rings. The van der Waals surface area contributed by atoms with Gasteiger partial charge in [-0.1, -0.05) is 42.1 Å². The molecule has 0 saturated carbocycles. The van der Waals surface area contributed by atoms with Crippen LogP contribution in [-0.4, -0.2) is 47.0 Å². The van der Waals surface area contributed by atoms with Gasteiger partial charge in [0.2, 0.25) is 5.91 Å². The van der Waals surface area contributed by atoms with Crippen molar-refractivity contribution in [1.82, 2.24) is 10.2 Å². The summed E-state index contributed by atoms with van der Waals surface area (Å²) < 4.78 is 5.90. The van der Waals surface area contributed by atoms with Crippen LogP contribution in [0.2, 0.25) is 0 Å². The fourth-order valence-electron chi connectivity index (χ4n) is 4.18. The van der Waals surface area contributed by atoms with E-state index in [2.05, 4.69) is 10.2 Å². The van der Waals surface area contributed by atoms with Crippen molar-refractivity contribution in [3.63, 3.8) is 0 Å². The smallest absolute Gasteiger partial charge is 0.286 e. The Bertz CT molecular complexity index is 1270. The topological polar surface area (TPSA) is 105 Å². The number of nitrogen functional groups attached to an aromatic ring is 1. The Balaban J connectivity index is 1.23. The molecule has 5 rings (SSSR count). The minimum atomic E-state index is -0.399. The number of nitrogens with one attached hydrogen (secondary N) is 1. The number of amides is 3. The summed E-state index contributed by atoms with van der Waals surface area (Å²) in [5.41, 5.74) is 9.85. The first-order valence-corrected chi connectivity index (χ1v) is 12.1. The first-order chi connectivity index (χ1) is 17.0. The van der Waals surface area contributed by atoms with Crippen molar-refractivity contribution >= 4 is 45.9 Å². The molecular formula is C26H24N4O4S. The highest BCUT2D eigenvalue weighted by atomic mass is 32.2. The first kappa shape index (κ1) is 22.8. The molecule has 35 heavy (non-hydrogen) atoms. The van der Waals surface area contributed by atoms with Crippen LogP contribution in [0.15, 0.2) is 72.8 Å². The maximum atomic E-state index is 13.2. The molecule has 1 atom stereocenters. The lowest BCUT2D eigenvalue weighted by Gasteiger charge is -2.38. The highest BCUT2D eigenvalue weighted by Crippen LogP contribution is 2.34. The molecule has 0 radical (unpaired) electrons. The Morgan fingerprint density at radius 3 is 2.49 bits per heavy atom. The quantitative estimate of drug-likeness (QED) is 0.488. The van der Waals surface area contributed by atoms with E-state index in [0.29, 0.717) is 43.2 Å². The predicted octanol–water partition coefficient (Wildman–Crippen LogP) is 3.79. The van der Waals surface area contributed by atoms with E-state index in [-0.39, 0.29) is 17.1 Å². The summed E-state index contributed by atoms with van der Waals surface area (Å²) in [5.74, 6) is 0.335.